The molecule has 3 heterocycles. The molecule has 0 saturated heterocycles. The molecule has 5 nitrogen and oxygen atoms in total. The molecule has 0 aromatic carbocycles. The summed E-state index contributed by atoms with van der Waals surface area (Å²) in [6.45, 7) is 5.10. The molecule has 3 rings (SSSR count). The molecule has 1 atom stereocenters. The van der Waals surface area contributed by atoms with E-state index in [1.165, 1.54) is 0 Å². The highest BCUT2D eigenvalue weighted by Crippen LogP contribution is 2.25. The van der Waals surface area contributed by atoms with E-state index >= 15 is 0 Å². The lowest BCUT2D eigenvalue weighted by Gasteiger charge is -2.18. The van der Waals surface area contributed by atoms with Crippen molar-refractivity contribution >= 4 is 5.52 Å². The van der Waals surface area contributed by atoms with E-state index in [1.54, 1.807) is 6.20 Å². The zero-order valence-electron chi connectivity index (χ0n) is 12.3. The smallest absolute Gasteiger partial charge is 0.0896 e. The lowest BCUT2D eigenvalue weighted by molar-refractivity contribution is 0.599. The van der Waals surface area contributed by atoms with Crippen molar-refractivity contribution in [3.8, 4) is 0 Å². The molecule has 5 heteroatoms. The van der Waals surface area contributed by atoms with Crippen LogP contribution < -0.4 is 5.32 Å². The van der Waals surface area contributed by atoms with Crippen LogP contribution in [0.5, 0.6) is 0 Å². The molecule has 0 radical (unpaired) electrons. The molecule has 0 aliphatic heterocycles. The van der Waals surface area contributed by atoms with Gasteiger partial charge in [0.25, 0.3) is 0 Å². The Labute approximate surface area is 124 Å². The summed E-state index contributed by atoms with van der Waals surface area (Å²) in [7, 11) is 0. The van der Waals surface area contributed by atoms with E-state index in [9.17, 15) is 0 Å². The van der Waals surface area contributed by atoms with Gasteiger partial charge in [-0.3, -0.25) is 9.97 Å². The third kappa shape index (κ3) is 2.78. The van der Waals surface area contributed by atoms with Crippen molar-refractivity contribution in [3.63, 3.8) is 0 Å². The van der Waals surface area contributed by atoms with Crippen molar-refractivity contribution in [1.82, 2.24) is 24.9 Å². The summed E-state index contributed by atoms with van der Waals surface area (Å²) in [6, 6.07) is 4.25. The van der Waals surface area contributed by atoms with Crippen LogP contribution in [-0.2, 0) is 0 Å². The standard InChI is InChI=1S/C16H19N5/c1-3-6-18-16(13-5-4-12(2)19-9-13)14-10-20-21-8-7-17-11-15(14)21/h4-5,7-11,16,18H,3,6H2,1-2H3. The lowest BCUT2D eigenvalue weighted by Crippen LogP contribution is -2.23. The molecule has 0 aliphatic carbocycles. The van der Waals surface area contributed by atoms with Crippen molar-refractivity contribution in [2.45, 2.75) is 26.3 Å². The zero-order chi connectivity index (χ0) is 14.7. The highest BCUT2D eigenvalue weighted by atomic mass is 15.2. The molecule has 0 fully saturated rings. The number of hydrogen-bond acceptors (Lipinski definition) is 4. The van der Waals surface area contributed by atoms with Crippen molar-refractivity contribution < 1.29 is 0 Å². The van der Waals surface area contributed by atoms with Crippen LogP contribution in [0.15, 0.2) is 43.1 Å². The SMILES string of the molecule is CCCNC(c1ccc(C)nc1)c1cnn2ccncc12. The third-order valence-electron chi connectivity index (χ3n) is 3.53. The predicted octanol–water partition coefficient (Wildman–Crippen LogP) is 2.52. The number of aryl methyl sites for hydroxylation is 1. The summed E-state index contributed by atoms with van der Waals surface area (Å²) in [4.78, 5) is 8.63. The highest BCUT2D eigenvalue weighted by Gasteiger charge is 2.18. The Morgan fingerprint density at radius 3 is 2.90 bits per heavy atom. The quantitative estimate of drug-likeness (QED) is 0.781. The van der Waals surface area contributed by atoms with Gasteiger partial charge in [-0.2, -0.15) is 5.10 Å². The van der Waals surface area contributed by atoms with Crippen LogP contribution >= 0.6 is 0 Å². The van der Waals surface area contributed by atoms with Crippen molar-refractivity contribution in [3.05, 3.63) is 59.9 Å². The van der Waals surface area contributed by atoms with Gasteiger partial charge in [0.2, 0.25) is 0 Å². The van der Waals surface area contributed by atoms with Crippen LogP contribution in [0, 0.1) is 6.92 Å². The molecular weight excluding hydrogens is 262 g/mol. The van der Waals surface area contributed by atoms with Crippen molar-refractivity contribution in [2.75, 3.05) is 6.54 Å². The average Bonchev–Trinajstić information content (AvgIpc) is 2.93. The van der Waals surface area contributed by atoms with Gasteiger partial charge in [-0.15, -0.1) is 0 Å². The summed E-state index contributed by atoms with van der Waals surface area (Å²) < 4.78 is 1.85. The Balaban J connectivity index is 2.04. The van der Waals surface area contributed by atoms with Gasteiger partial charge in [0.15, 0.2) is 0 Å². The maximum Gasteiger partial charge on any atom is 0.0896 e. The summed E-state index contributed by atoms with van der Waals surface area (Å²) in [5.74, 6) is 0. The number of rotatable bonds is 5. The molecule has 0 aliphatic rings. The van der Waals surface area contributed by atoms with E-state index < -0.39 is 0 Å². The van der Waals surface area contributed by atoms with Crippen molar-refractivity contribution in [1.29, 1.82) is 0 Å². The highest BCUT2D eigenvalue weighted by molar-refractivity contribution is 5.55. The second kappa shape index (κ2) is 6.01. The Bertz CT molecular complexity index is 717. The largest absolute Gasteiger partial charge is 0.306 e. The summed E-state index contributed by atoms with van der Waals surface area (Å²) in [6.07, 6.45) is 10.4. The second-order valence-electron chi connectivity index (χ2n) is 5.13. The molecule has 108 valence electrons. The van der Waals surface area contributed by atoms with Crippen LogP contribution in [-0.4, -0.2) is 26.1 Å². The molecule has 0 bridgehead atoms. The first kappa shape index (κ1) is 13.7. The first-order chi connectivity index (χ1) is 10.3. The molecule has 1 unspecified atom stereocenters. The van der Waals surface area contributed by atoms with E-state index in [-0.39, 0.29) is 6.04 Å². The number of hydrogen-bond donors (Lipinski definition) is 1. The molecule has 0 spiro atoms. The molecule has 1 N–H and O–H groups in total. The van der Waals surface area contributed by atoms with Crippen LogP contribution in [0.3, 0.4) is 0 Å². The predicted molar refractivity (Wildman–Crippen MR) is 82.1 cm³/mol. The van der Waals surface area contributed by atoms with Gasteiger partial charge in [-0.1, -0.05) is 13.0 Å². The average molecular weight is 281 g/mol. The van der Waals surface area contributed by atoms with E-state index in [0.29, 0.717) is 0 Å². The van der Waals surface area contributed by atoms with Crippen LogP contribution in [0.4, 0.5) is 0 Å². The normalized spacial score (nSPS) is 12.7. The number of aromatic nitrogens is 4. The fourth-order valence-electron chi connectivity index (χ4n) is 2.42. The van der Waals surface area contributed by atoms with Gasteiger partial charge >= 0.3 is 0 Å². The first-order valence-electron chi connectivity index (χ1n) is 7.22. The first-order valence-corrected chi connectivity index (χ1v) is 7.22. The molecule has 0 amide bonds. The van der Waals surface area contributed by atoms with Gasteiger partial charge in [0, 0.05) is 29.8 Å². The van der Waals surface area contributed by atoms with Gasteiger partial charge in [-0.25, -0.2) is 4.52 Å². The molecule has 21 heavy (non-hydrogen) atoms. The van der Waals surface area contributed by atoms with Crippen LogP contribution in [0.2, 0.25) is 0 Å². The number of nitrogens with one attached hydrogen (secondary N) is 1. The number of pyridine rings is 1. The summed E-state index contributed by atoms with van der Waals surface area (Å²) in [5, 5.41) is 7.99. The summed E-state index contributed by atoms with van der Waals surface area (Å²) >= 11 is 0. The minimum absolute atomic E-state index is 0.0831. The molecule has 3 aromatic rings. The van der Waals surface area contributed by atoms with Crippen LogP contribution in [0.1, 0.15) is 36.2 Å². The fourth-order valence-corrected chi connectivity index (χ4v) is 2.42. The fraction of sp³-hybridized carbons (Fsp3) is 0.312. The lowest BCUT2D eigenvalue weighted by atomic mass is 10.0. The van der Waals surface area contributed by atoms with Gasteiger partial charge in [0.1, 0.15) is 0 Å². The van der Waals surface area contributed by atoms with Gasteiger partial charge in [-0.05, 0) is 31.5 Å². The molecular formula is C16H19N5. The Morgan fingerprint density at radius 1 is 1.24 bits per heavy atom. The Morgan fingerprint density at radius 2 is 2.14 bits per heavy atom. The van der Waals surface area contributed by atoms with E-state index in [4.69, 9.17) is 0 Å². The maximum atomic E-state index is 4.42. The monoisotopic (exact) mass is 281 g/mol. The zero-order valence-corrected chi connectivity index (χ0v) is 12.3. The van der Waals surface area contributed by atoms with Gasteiger partial charge < -0.3 is 5.32 Å². The minimum Gasteiger partial charge on any atom is -0.306 e. The third-order valence-corrected chi connectivity index (χ3v) is 3.53. The number of nitrogens with zero attached hydrogens (tertiary/aromatic N) is 4. The summed E-state index contributed by atoms with van der Waals surface area (Å²) in [5.41, 5.74) is 4.32. The van der Waals surface area contributed by atoms with Crippen LogP contribution in [0.25, 0.3) is 5.52 Å². The topological polar surface area (TPSA) is 55.1 Å². The van der Waals surface area contributed by atoms with E-state index in [0.717, 1.165) is 35.3 Å². The Kier molecular flexibility index (Phi) is 3.92. The van der Waals surface area contributed by atoms with E-state index in [1.807, 2.05) is 42.3 Å². The second-order valence-corrected chi connectivity index (χ2v) is 5.13. The van der Waals surface area contributed by atoms with E-state index in [2.05, 4.69) is 33.4 Å². The van der Waals surface area contributed by atoms with Gasteiger partial charge in [0.05, 0.1) is 24.0 Å². The maximum absolute atomic E-state index is 4.42. The van der Waals surface area contributed by atoms with Crippen molar-refractivity contribution in [2.24, 2.45) is 0 Å². The number of fused-ring (bicyclic) bond motifs is 1. The minimum atomic E-state index is 0.0831. The molecule has 0 saturated carbocycles. The Hall–Kier alpha value is -2.27. The molecule has 3 aromatic heterocycles.